The molecule has 1 N–H and O–H groups in total. The first-order valence-corrected chi connectivity index (χ1v) is 21.5. The lowest BCUT2D eigenvalue weighted by molar-refractivity contribution is -0.199. The minimum absolute atomic E-state index is 0.0466. The number of hydrogen-bond acceptors (Lipinski definition) is 3. The highest BCUT2D eigenvalue weighted by Gasteiger charge is 2.75. The second-order valence-electron chi connectivity index (χ2n) is 19.7. The van der Waals surface area contributed by atoms with E-state index in [0.717, 1.165) is 44.9 Å². The van der Waals surface area contributed by atoms with E-state index in [2.05, 4.69) is 120 Å². The number of benzene rings is 4. The summed E-state index contributed by atoms with van der Waals surface area (Å²) < 4.78 is 5.49. The fourth-order valence-corrected chi connectivity index (χ4v) is 13.9. The van der Waals surface area contributed by atoms with Crippen LogP contribution in [0.5, 0.6) is 0 Å². The van der Waals surface area contributed by atoms with Gasteiger partial charge in [0.25, 0.3) is 0 Å². The molecule has 3 heterocycles. The van der Waals surface area contributed by atoms with Crippen LogP contribution in [-0.2, 0) is 24.0 Å². The van der Waals surface area contributed by atoms with Crippen molar-refractivity contribution in [2.45, 2.75) is 123 Å². The Bertz CT molecular complexity index is 2500. The second-order valence-corrected chi connectivity index (χ2v) is 19.7. The Hall–Kier alpha value is -3.90. The van der Waals surface area contributed by atoms with Gasteiger partial charge in [-0.05, 0) is 130 Å². The lowest BCUT2D eigenvalue weighted by atomic mass is 9.40. The molecule has 3 saturated carbocycles. The molecule has 5 unspecified atom stereocenters. The summed E-state index contributed by atoms with van der Waals surface area (Å²) in [6.45, 7) is 14.6. The molecule has 0 radical (unpaired) electrons. The number of rotatable bonds is 8. The van der Waals surface area contributed by atoms with Gasteiger partial charge in [-0.1, -0.05) is 120 Å². The highest BCUT2D eigenvalue weighted by molar-refractivity contribution is 6.23. The molecule has 0 amide bonds. The van der Waals surface area contributed by atoms with E-state index in [0.29, 0.717) is 43.1 Å². The van der Waals surface area contributed by atoms with Gasteiger partial charge in [-0.15, -0.1) is 0 Å². The molecule has 6 aliphatic rings. The number of allylic oxidation sites excluding steroid dienone is 4. The number of hydrogen-bond donors (Lipinski definition) is 1. The summed E-state index contributed by atoms with van der Waals surface area (Å²) in [5.41, 5.74) is -0.516. The Morgan fingerprint density at radius 1 is 0.782 bits per heavy atom. The maximum Gasteiger partial charge on any atom is 0.348 e. The minimum Gasteiger partial charge on any atom is -0.393 e. The van der Waals surface area contributed by atoms with E-state index in [4.69, 9.17) is 0 Å². The lowest BCUT2D eigenvalue weighted by Crippen LogP contribution is -2.76. The van der Waals surface area contributed by atoms with E-state index in [1.54, 1.807) is 4.57 Å². The molecule has 2 spiro atoms. The summed E-state index contributed by atoms with van der Waals surface area (Å²) in [6, 6.07) is 19.9. The van der Waals surface area contributed by atoms with Crippen LogP contribution >= 0.6 is 0 Å². The lowest BCUT2D eigenvalue weighted by Gasteiger charge is -2.71. The van der Waals surface area contributed by atoms with Crippen molar-refractivity contribution < 1.29 is 5.11 Å². The van der Waals surface area contributed by atoms with E-state index in [-0.39, 0.29) is 34.0 Å². The monoisotopic (exact) mass is 737 g/mol. The van der Waals surface area contributed by atoms with Crippen LogP contribution in [0.15, 0.2) is 88.5 Å². The molecule has 6 nitrogen and oxygen atoms in total. The van der Waals surface area contributed by atoms with Gasteiger partial charge in [0.1, 0.15) is 0 Å². The SMILES string of the molecule is CC(C)[C@@H](C)/C=C/[C@@H](C)C1CCC2C34C=CC5(C[C@@H](O)CC[C@]5(C)C3CC[C@]12C)n1c(=O)n(CCCc2ccc3ccc5cccc6ccc2c3c56)c(=O)n14. The normalized spacial score (nSPS) is 34.8. The average Bonchev–Trinajstić information content (AvgIpc) is 3.67. The zero-order chi connectivity index (χ0) is 38.2. The van der Waals surface area contributed by atoms with E-state index in [1.807, 2.05) is 9.36 Å². The Kier molecular flexibility index (Phi) is 7.78. The largest absolute Gasteiger partial charge is 0.393 e. The van der Waals surface area contributed by atoms with Gasteiger partial charge in [-0.3, -0.25) is 0 Å². The maximum absolute atomic E-state index is 15.2. The number of aryl methyl sites for hydroxylation is 1. The number of nitrogens with zero attached hydrogens (tertiary/aromatic N) is 3. The van der Waals surface area contributed by atoms with Crippen molar-refractivity contribution in [2.75, 3.05) is 0 Å². The van der Waals surface area contributed by atoms with Gasteiger partial charge < -0.3 is 5.11 Å². The summed E-state index contributed by atoms with van der Waals surface area (Å²) >= 11 is 0. The van der Waals surface area contributed by atoms with Crippen molar-refractivity contribution in [2.24, 2.45) is 46.3 Å². The van der Waals surface area contributed by atoms with Crippen molar-refractivity contribution in [1.29, 1.82) is 0 Å². The van der Waals surface area contributed by atoms with Gasteiger partial charge in [-0.25, -0.2) is 23.5 Å². The van der Waals surface area contributed by atoms with Crippen LogP contribution in [0, 0.1) is 46.3 Å². The van der Waals surface area contributed by atoms with Crippen LogP contribution in [0.3, 0.4) is 0 Å². The molecule has 2 bridgehead atoms. The third-order valence-electron chi connectivity index (χ3n) is 17.0. The molecule has 10 atom stereocenters. The molecule has 288 valence electrons. The third-order valence-corrected chi connectivity index (χ3v) is 17.0. The highest BCUT2D eigenvalue weighted by atomic mass is 16.3. The van der Waals surface area contributed by atoms with Crippen molar-refractivity contribution in [3.05, 3.63) is 105 Å². The zero-order valence-electron chi connectivity index (χ0n) is 33.7. The molecule has 6 heteroatoms. The number of aromatic nitrogens is 3. The van der Waals surface area contributed by atoms with Gasteiger partial charge in [0.15, 0.2) is 0 Å². The molecule has 1 aromatic heterocycles. The van der Waals surface area contributed by atoms with Crippen LogP contribution in [0.1, 0.15) is 98.5 Å². The maximum atomic E-state index is 15.2. The molecule has 0 saturated heterocycles. The molecule has 2 aliphatic heterocycles. The fraction of sp³-hybridized carbons (Fsp3) is 0.551. The fourth-order valence-electron chi connectivity index (χ4n) is 13.9. The number of aliphatic hydroxyl groups is 1. The van der Waals surface area contributed by atoms with Crippen molar-refractivity contribution >= 4 is 32.3 Å². The van der Waals surface area contributed by atoms with Crippen molar-refractivity contribution in [3.8, 4) is 0 Å². The van der Waals surface area contributed by atoms with Crippen LogP contribution in [0.25, 0.3) is 32.3 Å². The van der Waals surface area contributed by atoms with Crippen LogP contribution in [0.4, 0.5) is 0 Å². The summed E-state index contributed by atoms with van der Waals surface area (Å²) in [7, 11) is 0. The Balaban J connectivity index is 1.04. The van der Waals surface area contributed by atoms with Crippen LogP contribution in [-0.4, -0.2) is 25.1 Å². The molecule has 3 fully saturated rings. The van der Waals surface area contributed by atoms with Gasteiger partial charge in [-0.2, -0.15) is 0 Å². The molecule has 4 aliphatic carbocycles. The quantitative estimate of drug-likeness (QED) is 0.127. The van der Waals surface area contributed by atoms with E-state index >= 15 is 9.59 Å². The van der Waals surface area contributed by atoms with Gasteiger partial charge in [0, 0.05) is 18.4 Å². The third kappa shape index (κ3) is 4.52. The smallest absolute Gasteiger partial charge is 0.348 e. The molecular weight excluding hydrogens is 679 g/mol. The van der Waals surface area contributed by atoms with Gasteiger partial charge >= 0.3 is 11.4 Å². The molecule has 5 aromatic rings. The molecular formula is C49H59N3O3. The Labute approximate surface area is 325 Å². The summed E-state index contributed by atoms with van der Waals surface area (Å²) in [5, 5.41) is 18.9. The molecule has 11 rings (SSSR count). The van der Waals surface area contributed by atoms with Gasteiger partial charge in [0.2, 0.25) is 0 Å². The molecule has 55 heavy (non-hydrogen) atoms. The predicted molar refractivity (Wildman–Crippen MR) is 224 cm³/mol. The minimum atomic E-state index is -0.709. The van der Waals surface area contributed by atoms with E-state index in [9.17, 15) is 5.11 Å². The van der Waals surface area contributed by atoms with Crippen molar-refractivity contribution in [1.82, 2.24) is 13.9 Å². The first-order valence-electron chi connectivity index (χ1n) is 21.5. The number of aliphatic hydroxyl groups excluding tert-OH is 1. The summed E-state index contributed by atoms with van der Waals surface area (Å²) in [4.78, 5) is 30.2. The Morgan fingerprint density at radius 3 is 2.25 bits per heavy atom. The Morgan fingerprint density at radius 2 is 1.49 bits per heavy atom. The van der Waals surface area contributed by atoms with E-state index < -0.39 is 17.2 Å². The first kappa shape index (κ1) is 35.5. The number of fused-ring (bicyclic) bond motifs is 1. The summed E-state index contributed by atoms with van der Waals surface area (Å²) in [5.74, 6) is 2.63. The van der Waals surface area contributed by atoms with E-state index in [1.165, 1.54) is 37.9 Å². The second kappa shape index (κ2) is 12.1. The van der Waals surface area contributed by atoms with Gasteiger partial charge in [0.05, 0.1) is 17.2 Å². The standard InChI is InChI=1S/C49H59N3O3/c1-30(2)31(3)12-13-32(4)39-20-21-40-46(39,5)24-23-41-47(6)25-22-37(53)29-48(47)26-27-49(40,41)52-45(55)50(44(54)51(48)52)28-8-11-33-14-15-36-17-16-34-9-7-10-35-18-19-38(33)43(36)42(34)35/h7,9-10,12-19,26-27,30-32,37,39-41,53H,8,11,20-25,28-29H2,1-6H3/b13-12+/t31-,32+,37-,39?,40?,41?,46+,47+,48?,49?/m0/s1. The highest BCUT2D eigenvalue weighted by Crippen LogP contribution is 2.74. The summed E-state index contributed by atoms with van der Waals surface area (Å²) in [6.07, 6.45) is 17.1. The predicted octanol–water partition coefficient (Wildman–Crippen LogP) is 9.79. The van der Waals surface area contributed by atoms with Crippen molar-refractivity contribution in [3.63, 3.8) is 0 Å². The van der Waals surface area contributed by atoms with Crippen LogP contribution in [0.2, 0.25) is 0 Å². The first-order chi connectivity index (χ1) is 26.4. The molecule has 4 aromatic carbocycles. The average molecular weight is 738 g/mol. The van der Waals surface area contributed by atoms with Crippen LogP contribution < -0.4 is 11.4 Å². The topological polar surface area (TPSA) is 69.2 Å². The zero-order valence-corrected chi connectivity index (χ0v) is 33.7.